The van der Waals surface area contributed by atoms with Crippen molar-refractivity contribution in [3.05, 3.63) is 64.6 Å². The molecule has 0 radical (unpaired) electrons. The Kier molecular flexibility index (Phi) is 6.35. The van der Waals surface area contributed by atoms with Crippen LogP contribution < -0.4 is 9.47 Å². The molecule has 1 saturated heterocycles. The van der Waals surface area contributed by atoms with E-state index >= 15 is 0 Å². The van der Waals surface area contributed by atoms with Crippen molar-refractivity contribution >= 4 is 29.0 Å². The number of carbonyl (C=O) groups is 2. The lowest BCUT2D eigenvalue weighted by molar-refractivity contribution is -0.123. The van der Waals surface area contributed by atoms with Gasteiger partial charge in [-0.1, -0.05) is 35.9 Å². The summed E-state index contributed by atoms with van der Waals surface area (Å²) in [4.78, 5) is 26.3. The summed E-state index contributed by atoms with van der Waals surface area (Å²) < 4.78 is 11.0. The third kappa shape index (κ3) is 4.72. The fraction of sp³-hybridized carbons (Fsp3) is 0.190. The van der Waals surface area contributed by atoms with Crippen LogP contribution in [0.2, 0.25) is 0 Å². The molecule has 0 aromatic heterocycles. The van der Waals surface area contributed by atoms with Gasteiger partial charge in [0.05, 0.1) is 11.4 Å². The summed E-state index contributed by atoms with van der Waals surface area (Å²) in [5.74, 6) is 0.813. The van der Waals surface area contributed by atoms with Gasteiger partial charge in [-0.3, -0.25) is 14.5 Å². The molecule has 1 fully saturated rings. The molecule has 0 saturated carbocycles. The second-order valence-electron chi connectivity index (χ2n) is 5.98. The Hall–Kier alpha value is -3.24. The highest BCUT2D eigenvalue weighted by Crippen LogP contribution is 2.33. The Morgan fingerprint density at radius 3 is 2.61 bits per heavy atom. The van der Waals surface area contributed by atoms with Crippen LogP contribution in [0.4, 0.5) is 4.79 Å². The number of nitrogens with zero attached hydrogens (tertiary/aromatic N) is 2. The van der Waals surface area contributed by atoms with E-state index in [9.17, 15) is 9.59 Å². The number of hydrogen-bond acceptors (Lipinski definition) is 6. The molecule has 1 heterocycles. The third-order valence-corrected chi connectivity index (χ3v) is 4.88. The first-order chi connectivity index (χ1) is 13.6. The average Bonchev–Trinajstić information content (AvgIpc) is 2.96. The molecule has 1 aliphatic heterocycles. The van der Waals surface area contributed by atoms with Crippen LogP contribution in [0.25, 0.3) is 6.08 Å². The van der Waals surface area contributed by atoms with Gasteiger partial charge in [0.15, 0.2) is 6.61 Å². The van der Waals surface area contributed by atoms with Crippen molar-refractivity contribution in [3.63, 3.8) is 0 Å². The van der Waals surface area contributed by atoms with Crippen LogP contribution in [0.3, 0.4) is 0 Å². The second kappa shape index (κ2) is 9.11. The van der Waals surface area contributed by atoms with Crippen LogP contribution in [-0.2, 0) is 4.79 Å². The minimum atomic E-state index is -0.363. The van der Waals surface area contributed by atoms with E-state index in [-0.39, 0.29) is 30.9 Å². The van der Waals surface area contributed by atoms with E-state index in [4.69, 9.17) is 14.7 Å². The molecule has 3 rings (SSSR count). The number of nitriles is 1. The molecule has 0 N–H and O–H groups in total. The summed E-state index contributed by atoms with van der Waals surface area (Å²) in [6, 6.07) is 16.5. The van der Waals surface area contributed by atoms with Crippen LogP contribution in [0.5, 0.6) is 11.5 Å². The molecule has 0 bridgehead atoms. The zero-order valence-electron chi connectivity index (χ0n) is 15.3. The van der Waals surface area contributed by atoms with Crippen LogP contribution in [-0.4, -0.2) is 35.8 Å². The van der Waals surface area contributed by atoms with Crippen molar-refractivity contribution in [2.45, 2.75) is 6.92 Å². The highest BCUT2D eigenvalue weighted by Gasteiger charge is 2.35. The summed E-state index contributed by atoms with van der Waals surface area (Å²) >= 11 is 0.880. The molecule has 6 nitrogen and oxygen atoms in total. The van der Waals surface area contributed by atoms with Crippen molar-refractivity contribution < 1.29 is 19.1 Å². The highest BCUT2D eigenvalue weighted by molar-refractivity contribution is 8.18. The molecule has 7 heteroatoms. The monoisotopic (exact) mass is 394 g/mol. The van der Waals surface area contributed by atoms with Gasteiger partial charge in [0, 0.05) is 5.56 Å². The zero-order valence-corrected chi connectivity index (χ0v) is 16.1. The third-order valence-electron chi connectivity index (χ3n) is 3.98. The first kappa shape index (κ1) is 19.5. The van der Waals surface area contributed by atoms with Gasteiger partial charge in [0.2, 0.25) is 0 Å². The lowest BCUT2D eigenvalue weighted by Gasteiger charge is -2.13. The van der Waals surface area contributed by atoms with Gasteiger partial charge in [-0.05, 0) is 43.0 Å². The summed E-state index contributed by atoms with van der Waals surface area (Å²) in [6.07, 6.45) is 1.61. The second-order valence-corrected chi connectivity index (χ2v) is 6.97. The number of carbonyl (C=O) groups excluding carboxylic acids is 2. The zero-order chi connectivity index (χ0) is 19.9. The largest absolute Gasteiger partial charge is 0.492 e. The van der Waals surface area contributed by atoms with E-state index in [0.29, 0.717) is 22.0 Å². The molecule has 0 unspecified atom stereocenters. The van der Waals surface area contributed by atoms with Gasteiger partial charge in [0.1, 0.15) is 24.2 Å². The van der Waals surface area contributed by atoms with Crippen molar-refractivity contribution in [3.8, 4) is 17.6 Å². The molecule has 0 spiro atoms. The summed E-state index contributed by atoms with van der Waals surface area (Å²) in [7, 11) is 0. The maximum Gasteiger partial charge on any atom is 0.293 e. The average molecular weight is 394 g/mol. The number of aryl methyl sites for hydroxylation is 1. The number of rotatable bonds is 7. The summed E-state index contributed by atoms with van der Waals surface area (Å²) in [5, 5.41) is 8.35. The van der Waals surface area contributed by atoms with Crippen LogP contribution >= 0.6 is 11.8 Å². The minimum absolute atomic E-state index is 0.0946. The van der Waals surface area contributed by atoms with Crippen molar-refractivity contribution in [1.82, 2.24) is 4.90 Å². The van der Waals surface area contributed by atoms with E-state index in [0.717, 1.165) is 17.3 Å². The number of ether oxygens (including phenoxy) is 2. The predicted octanol–water partition coefficient (Wildman–Crippen LogP) is 4.01. The molecule has 2 aromatic rings. The Bertz CT molecular complexity index is 948. The number of hydrogen-bond donors (Lipinski definition) is 0. The topological polar surface area (TPSA) is 79.6 Å². The number of para-hydroxylation sites is 1. The minimum Gasteiger partial charge on any atom is -0.492 e. The number of imide groups is 1. The number of benzene rings is 2. The highest BCUT2D eigenvalue weighted by atomic mass is 32.2. The van der Waals surface area contributed by atoms with Gasteiger partial charge >= 0.3 is 0 Å². The van der Waals surface area contributed by atoms with E-state index in [1.807, 2.05) is 37.3 Å². The van der Waals surface area contributed by atoms with Gasteiger partial charge in [-0.15, -0.1) is 0 Å². The van der Waals surface area contributed by atoms with E-state index in [1.165, 1.54) is 4.90 Å². The lowest BCUT2D eigenvalue weighted by Crippen LogP contribution is -2.32. The first-order valence-electron chi connectivity index (χ1n) is 8.62. The molecule has 142 valence electrons. The molecule has 1 aliphatic rings. The van der Waals surface area contributed by atoms with Crippen molar-refractivity contribution in [1.29, 1.82) is 5.26 Å². The Labute approximate surface area is 167 Å². The van der Waals surface area contributed by atoms with E-state index in [2.05, 4.69) is 0 Å². The van der Waals surface area contributed by atoms with Crippen LogP contribution in [0.15, 0.2) is 53.4 Å². The Morgan fingerprint density at radius 2 is 1.86 bits per heavy atom. The van der Waals surface area contributed by atoms with Crippen LogP contribution in [0.1, 0.15) is 11.1 Å². The molecular formula is C21H18N2O4S. The van der Waals surface area contributed by atoms with Gasteiger partial charge in [-0.2, -0.15) is 5.26 Å². The first-order valence-corrected chi connectivity index (χ1v) is 9.44. The van der Waals surface area contributed by atoms with E-state index in [1.54, 1.807) is 30.3 Å². The molecular weight excluding hydrogens is 376 g/mol. The fourth-order valence-electron chi connectivity index (χ4n) is 2.56. The normalized spacial score (nSPS) is 15.0. The molecule has 2 amide bonds. The van der Waals surface area contributed by atoms with Gasteiger partial charge < -0.3 is 9.47 Å². The SMILES string of the molecule is Cc1ccc(OCCN2C(=O)S/C(=C\c3ccccc3OCC#N)C2=O)cc1. The molecule has 0 aliphatic carbocycles. The smallest absolute Gasteiger partial charge is 0.293 e. The maximum atomic E-state index is 12.6. The lowest BCUT2D eigenvalue weighted by atomic mass is 10.2. The Morgan fingerprint density at radius 1 is 1.11 bits per heavy atom. The summed E-state index contributed by atoms with van der Waals surface area (Å²) in [6.45, 7) is 2.28. The number of thioether (sulfide) groups is 1. The van der Waals surface area contributed by atoms with Crippen molar-refractivity contribution in [2.24, 2.45) is 0 Å². The molecule has 28 heavy (non-hydrogen) atoms. The summed E-state index contributed by atoms with van der Waals surface area (Å²) in [5.41, 5.74) is 1.77. The molecule has 0 atom stereocenters. The quantitative estimate of drug-likeness (QED) is 0.660. The fourth-order valence-corrected chi connectivity index (χ4v) is 3.42. The van der Waals surface area contributed by atoms with E-state index < -0.39 is 0 Å². The van der Waals surface area contributed by atoms with Crippen molar-refractivity contribution in [2.75, 3.05) is 19.8 Å². The standard InChI is InChI=1S/C21H18N2O4S/c1-15-6-8-17(9-7-15)26-13-11-23-20(24)19(28-21(23)25)14-16-4-2-3-5-18(16)27-12-10-22/h2-9,14H,11-13H2,1H3/b19-14-. The van der Waals surface area contributed by atoms with Gasteiger partial charge in [0.25, 0.3) is 11.1 Å². The predicted molar refractivity (Wildman–Crippen MR) is 107 cm³/mol. The van der Waals surface area contributed by atoms with Crippen LogP contribution in [0, 0.1) is 18.3 Å². The Balaban J connectivity index is 1.65. The maximum absolute atomic E-state index is 12.6. The molecule has 2 aromatic carbocycles. The number of amides is 2. The van der Waals surface area contributed by atoms with Gasteiger partial charge in [-0.25, -0.2) is 0 Å².